The van der Waals surface area contributed by atoms with E-state index >= 15 is 0 Å². The van der Waals surface area contributed by atoms with Gasteiger partial charge in [0, 0.05) is 5.54 Å². The molecule has 1 aliphatic rings. The highest BCUT2D eigenvalue weighted by molar-refractivity contribution is 5.28. The minimum absolute atomic E-state index is 0.0779. The molecule has 0 saturated heterocycles. The van der Waals surface area contributed by atoms with Gasteiger partial charge in [0.25, 0.3) is 0 Å². The second-order valence-electron chi connectivity index (χ2n) is 6.61. The van der Waals surface area contributed by atoms with Crippen LogP contribution in [0.5, 0.6) is 0 Å². The molecular formula is C17H27N. The summed E-state index contributed by atoms with van der Waals surface area (Å²) >= 11 is 0. The average Bonchev–Trinajstić information content (AvgIpc) is 2.28. The normalized spacial score (nSPS) is 28.6. The highest BCUT2D eigenvalue weighted by Gasteiger charge is 2.34. The Hall–Kier alpha value is -0.820. The molecule has 100 valence electrons. The summed E-state index contributed by atoms with van der Waals surface area (Å²) in [5.74, 6) is 1.60. The van der Waals surface area contributed by atoms with E-state index in [9.17, 15) is 0 Å². The number of benzene rings is 1. The smallest absolute Gasteiger partial charge is 0.0412 e. The van der Waals surface area contributed by atoms with Gasteiger partial charge in [0.2, 0.25) is 0 Å². The monoisotopic (exact) mass is 245 g/mol. The lowest BCUT2D eigenvalue weighted by Gasteiger charge is -2.39. The zero-order valence-electron chi connectivity index (χ0n) is 12.1. The zero-order valence-corrected chi connectivity index (χ0v) is 12.1. The summed E-state index contributed by atoms with van der Waals surface area (Å²) in [5, 5.41) is 0. The lowest BCUT2D eigenvalue weighted by molar-refractivity contribution is 0.202. The van der Waals surface area contributed by atoms with Crippen LogP contribution in [0, 0.1) is 18.8 Å². The third-order valence-electron chi connectivity index (χ3n) is 4.32. The molecule has 1 aromatic rings. The Labute approximate surface area is 112 Å². The van der Waals surface area contributed by atoms with E-state index in [0.29, 0.717) is 0 Å². The van der Waals surface area contributed by atoms with Crippen LogP contribution in [0.15, 0.2) is 24.3 Å². The van der Waals surface area contributed by atoms with Crippen molar-refractivity contribution < 1.29 is 0 Å². The molecule has 0 bridgehead atoms. The molecule has 1 saturated carbocycles. The maximum Gasteiger partial charge on any atom is 0.0412 e. The maximum absolute atomic E-state index is 6.70. The van der Waals surface area contributed by atoms with Gasteiger partial charge >= 0.3 is 0 Å². The zero-order chi connectivity index (χ0) is 13.2. The lowest BCUT2D eigenvalue weighted by Crippen LogP contribution is -2.41. The number of rotatable bonds is 3. The first kappa shape index (κ1) is 13.6. The van der Waals surface area contributed by atoms with Crippen molar-refractivity contribution in [3.63, 3.8) is 0 Å². The first-order valence-electron chi connectivity index (χ1n) is 7.35. The topological polar surface area (TPSA) is 26.0 Å². The van der Waals surface area contributed by atoms with Crippen molar-refractivity contribution >= 4 is 0 Å². The van der Waals surface area contributed by atoms with Crippen molar-refractivity contribution in [1.29, 1.82) is 0 Å². The molecule has 0 aliphatic heterocycles. The van der Waals surface area contributed by atoms with Gasteiger partial charge in [-0.2, -0.15) is 0 Å². The molecule has 1 nitrogen and oxygen atoms in total. The highest BCUT2D eigenvalue weighted by atomic mass is 14.8. The maximum atomic E-state index is 6.70. The van der Waals surface area contributed by atoms with Crippen LogP contribution in [0.2, 0.25) is 0 Å². The van der Waals surface area contributed by atoms with Gasteiger partial charge < -0.3 is 5.73 Å². The summed E-state index contributed by atoms with van der Waals surface area (Å²) in [6, 6.07) is 8.84. The standard InChI is InChI=1S/C17H27N/c1-13(2)11-15-5-4-10-17(18,12-15)16-8-6-14(3)7-9-16/h6-9,13,15H,4-5,10-12,18H2,1-3H3. The van der Waals surface area contributed by atoms with E-state index in [2.05, 4.69) is 45.0 Å². The van der Waals surface area contributed by atoms with E-state index in [-0.39, 0.29) is 5.54 Å². The number of aryl methyl sites for hydroxylation is 1. The summed E-state index contributed by atoms with van der Waals surface area (Å²) in [6.45, 7) is 6.77. The second-order valence-corrected chi connectivity index (χ2v) is 6.61. The van der Waals surface area contributed by atoms with Crippen molar-refractivity contribution in [2.45, 2.75) is 58.4 Å². The molecule has 0 aromatic heterocycles. The molecule has 18 heavy (non-hydrogen) atoms. The Bertz CT molecular complexity index is 379. The van der Waals surface area contributed by atoms with Gasteiger partial charge in [-0.25, -0.2) is 0 Å². The van der Waals surface area contributed by atoms with Gasteiger partial charge in [-0.15, -0.1) is 0 Å². The van der Waals surface area contributed by atoms with Crippen molar-refractivity contribution in [3.05, 3.63) is 35.4 Å². The Morgan fingerprint density at radius 1 is 1.28 bits per heavy atom. The third-order valence-corrected chi connectivity index (χ3v) is 4.32. The summed E-state index contributed by atoms with van der Waals surface area (Å²) in [4.78, 5) is 0. The minimum Gasteiger partial charge on any atom is -0.321 e. The van der Waals surface area contributed by atoms with E-state index in [1.165, 1.54) is 30.4 Å². The summed E-state index contributed by atoms with van der Waals surface area (Å²) in [7, 11) is 0. The predicted octanol–water partition coefficient (Wildman–Crippen LogP) is 4.39. The van der Waals surface area contributed by atoms with Crippen molar-refractivity contribution in [1.82, 2.24) is 0 Å². The van der Waals surface area contributed by atoms with Crippen LogP contribution in [0.3, 0.4) is 0 Å². The first-order valence-corrected chi connectivity index (χ1v) is 7.35. The van der Waals surface area contributed by atoms with Crippen molar-refractivity contribution in [3.8, 4) is 0 Å². The van der Waals surface area contributed by atoms with Crippen LogP contribution < -0.4 is 5.73 Å². The summed E-state index contributed by atoms with van der Waals surface area (Å²) < 4.78 is 0. The van der Waals surface area contributed by atoms with Gasteiger partial charge in [0.05, 0.1) is 0 Å². The molecule has 0 spiro atoms. The van der Waals surface area contributed by atoms with E-state index in [0.717, 1.165) is 24.7 Å². The molecule has 0 heterocycles. The molecule has 1 aliphatic carbocycles. The molecule has 2 atom stereocenters. The molecule has 0 radical (unpaired) electrons. The predicted molar refractivity (Wildman–Crippen MR) is 78.5 cm³/mol. The SMILES string of the molecule is Cc1ccc(C2(N)CCCC(CC(C)C)C2)cc1. The van der Waals surface area contributed by atoms with Crippen LogP contribution >= 0.6 is 0 Å². The highest BCUT2D eigenvalue weighted by Crippen LogP contribution is 2.40. The number of hydrogen-bond donors (Lipinski definition) is 1. The molecule has 2 rings (SSSR count). The fraction of sp³-hybridized carbons (Fsp3) is 0.647. The molecule has 1 fully saturated rings. The van der Waals surface area contributed by atoms with E-state index in [4.69, 9.17) is 5.73 Å². The molecule has 2 N–H and O–H groups in total. The minimum atomic E-state index is -0.0779. The van der Waals surface area contributed by atoms with Crippen molar-refractivity contribution in [2.24, 2.45) is 17.6 Å². The summed E-state index contributed by atoms with van der Waals surface area (Å²) in [5.41, 5.74) is 9.27. The number of hydrogen-bond acceptors (Lipinski definition) is 1. The first-order chi connectivity index (χ1) is 8.49. The third kappa shape index (κ3) is 3.14. The van der Waals surface area contributed by atoms with E-state index in [1.54, 1.807) is 0 Å². The van der Waals surface area contributed by atoms with Crippen LogP contribution in [0.1, 0.15) is 57.1 Å². The largest absolute Gasteiger partial charge is 0.321 e. The van der Waals surface area contributed by atoms with Crippen LogP contribution in [-0.2, 0) is 5.54 Å². The molecule has 0 amide bonds. The summed E-state index contributed by atoms with van der Waals surface area (Å²) in [6.07, 6.45) is 6.27. The quantitative estimate of drug-likeness (QED) is 0.840. The molecule has 1 heteroatoms. The fourth-order valence-corrected chi connectivity index (χ4v) is 3.44. The van der Waals surface area contributed by atoms with E-state index in [1.807, 2.05) is 0 Å². The molecule has 2 unspecified atom stereocenters. The fourth-order valence-electron chi connectivity index (χ4n) is 3.44. The Morgan fingerprint density at radius 2 is 1.94 bits per heavy atom. The van der Waals surface area contributed by atoms with Gasteiger partial charge in [-0.3, -0.25) is 0 Å². The molecule has 1 aromatic carbocycles. The Kier molecular flexibility index (Phi) is 4.11. The number of nitrogens with two attached hydrogens (primary N) is 1. The Morgan fingerprint density at radius 3 is 2.56 bits per heavy atom. The van der Waals surface area contributed by atoms with Crippen LogP contribution in [0.25, 0.3) is 0 Å². The van der Waals surface area contributed by atoms with Crippen LogP contribution in [-0.4, -0.2) is 0 Å². The van der Waals surface area contributed by atoms with E-state index < -0.39 is 0 Å². The van der Waals surface area contributed by atoms with Crippen molar-refractivity contribution in [2.75, 3.05) is 0 Å². The average molecular weight is 245 g/mol. The van der Waals surface area contributed by atoms with Gasteiger partial charge in [-0.1, -0.05) is 56.5 Å². The molecular weight excluding hydrogens is 218 g/mol. The lowest BCUT2D eigenvalue weighted by atomic mass is 9.70. The van der Waals surface area contributed by atoms with Gasteiger partial charge in [0.1, 0.15) is 0 Å². The Balaban J connectivity index is 2.12. The van der Waals surface area contributed by atoms with Gasteiger partial charge in [0.15, 0.2) is 0 Å². The van der Waals surface area contributed by atoms with Crippen LogP contribution in [0.4, 0.5) is 0 Å². The second kappa shape index (κ2) is 5.44. The van der Waals surface area contributed by atoms with Gasteiger partial charge in [-0.05, 0) is 43.6 Å².